The van der Waals surface area contributed by atoms with E-state index in [0.29, 0.717) is 0 Å². The number of piperazine rings is 1. The molecular formula is C10H17N5. The summed E-state index contributed by atoms with van der Waals surface area (Å²) in [4.78, 5) is 15.2. The molecule has 0 aliphatic carbocycles. The van der Waals surface area contributed by atoms with Gasteiger partial charge >= 0.3 is 0 Å². The highest BCUT2D eigenvalue weighted by Gasteiger charge is 2.11. The summed E-state index contributed by atoms with van der Waals surface area (Å²) in [5.41, 5.74) is 0. The molecule has 1 aromatic heterocycles. The summed E-state index contributed by atoms with van der Waals surface area (Å²) >= 11 is 0. The van der Waals surface area contributed by atoms with E-state index in [-0.39, 0.29) is 0 Å². The number of aryl methyl sites for hydroxylation is 2. The molecule has 0 aromatic carbocycles. The minimum Gasteiger partial charge on any atom is -0.314 e. The minimum atomic E-state index is 0.813. The fourth-order valence-corrected chi connectivity index (χ4v) is 1.82. The van der Waals surface area contributed by atoms with Crippen molar-refractivity contribution in [3.8, 4) is 0 Å². The molecule has 0 bridgehead atoms. The maximum Gasteiger partial charge on any atom is 0.146 e. The molecule has 2 rings (SSSR count). The number of rotatable bonds is 2. The number of aromatic nitrogens is 3. The van der Waals surface area contributed by atoms with Gasteiger partial charge in [0, 0.05) is 26.2 Å². The summed E-state index contributed by atoms with van der Waals surface area (Å²) in [6.07, 6.45) is 0. The Morgan fingerprint density at radius 2 is 1.67 bits per heavy atom. The van der Waals surface area contributed by atoms with E-state index in [1.54, 1.807) is 0 Å². The Kier molecular flexibility index (Phi) is 3.23. The highest BCUT2D eigenvalue weighted by Crippen LogP contribution is 2.01. The Morgan fingerprint density at radius 1 is 1.07 bits per heavy atom. The minimum absolute atomic E-state index is 0.813. The maximum atomic E-state index is 4.34. The third-order valence-electron chi connectivity index (χ3n) is 2.48. The lowest BCUT2D eigenvalue weighted by Gasteiger charge is -2.26. The van der Waals surface area contributed by atoms with Crippen molar-refractivity contribution in [3.63, 3.8) is 0 Å². The number of hydrogen-bond donors (Lipinski definition) is 1. The van der Waals surface area contributed by atoms with Gasteiger partial charge < -0.3 is 5.32 Å². The molecule has 15 heavy (non-hydrogen) atoms. The fourth-order valence-electron chi connectivity index (χ4n) is 1.82. The monoisotopic (exact) mass is 207 g/mol. The average molecular weight is 207 g/mol. The second kappa shape index (κ2) is 4.63. The van der Waals surface area contributed by atoms with Crippen LogP contribution in [-0.2, 0) is 6.54 Å². The van der Waals surface area contributed by atoms with E-state index >= 15 is 0 Å². The van der Waals surface area contributed by atoms with E-state index < -0.39 is 0 Å². The van der Waals surface area contributed by atoms with Crippen LogP contribution in [0.5, 0.6) is 0 Å². The molecule has 0 saturated carbocycles. The van der Waals surface area contributed by atoms with Crippen LogP contribution in [0, 0.1) is 13.8 Å². The van der Waals surface area contributed by atoms with E-state index in [2.05, 4.69) is 25.2 Å². The van der Waals surface area contributed by atoms with Crippen LogP contribution in [0.3, 0.4) is 0 Å². The first-order valence-corrected chi connectivity index (χ1v) is 5.35. The van der Waals surface area contributed by atoms with Gasteiger partial charge in [0.1, 0.15) is 17.5 Å². The highest BCUT2D eigenvalue weighted by atomic mass is 15.2. The summed E-state index contributed by atoms with van der Waals surface area (Å²) in [6.45, 7) is 8.93. The topological polar surface area (TPSA) is 53.9 Å². The summed E-state index contributed by atoms with van der Waals surface area (Å²) in [5, 5.41) is 3.33. The Bertz CT molecular complexity index is 312. The Morgan fingerprint density at radius 3 is 2.27 bits per heavy atom. The largest absolute Gasteiger partial charge is 0.314 e. The molecule has 5 nitrogen and oxygen atoms in total. The van der Waals surface area contributed by atoms with Crippen molar-refractivity contribution < 1.29 is 0 Å². The van der Waals surface area contributed by atoms with Crippen LogP contribution in [0.15, 0.2) is 0 Å². The lowest BCUT2D eigenvalue weighted by molar-refractivity contribution is 0.227. The van der Waals surface area contributed by atoms with Crippen molar-refractivity contribution in [3.05, 3.63) is 17.5 Å². The highest BCUT2D eigenvalue weighted by molar-refractivity contribution is 4.94. The van der Waals surface area contributed by atoms with Crippen LogP contribution in [0.25, 0.3) is 0 Å². The van der Waals surface area contributed by atoms with Gasteiger partial charge in [-0.1, -0.05) is 0 Å². The van der Waals surface area contributed by atoms with Crippen LogP contribution in [0.2, 0.25) is 0 Å². The molecule has 2 heterocycles. The molecule has 0 radical (unpaired) electrons. The Balaban J connectivity index is 2.02. The van der Waals surface area contributed by atoms with Gasteiger partial charge in [0.05, 0.1) is 6.54 Å². The van der Waals surface area contributed by atoms with E-state index in [9.17, 15) is 0 Å². The maximum absolute atomic E-state index is 4.34. The molecule has 0 unspecified atom stereocenters. The van der Waals surface area contributed by atoms with Crippen LogP contribution in [-0.4, -0.2) is 46.0 Å². The molecule has 0 spiro atoms. The molecule has 1 fully saturated rings. The van der Waals surface area contributed by atoms with Crippen molar-refractivity contribution in [2.75, 3.05) is 26.2 Å². The molecule has 0 amide bonds. The first kappa shape index (κ1) is 10.4. The molecule has 1 N–H and O–H groups in total. The third kappa shape index (κ3) is 2.94. The zero-order valence-electron chi connectivity index (χ0n) is 9.32. The normalized spacial score (nSPS) is 18.0. The smallest absolute Gasteiger partial charge is 0.146 e. The Hall–Kier alpha value is -1.07. The predicted octanol–water partition coefficient (Wildman–Crippen LogP) is -0.106. The quantitative estimate of drug-likeness (QED) is 0.733. The van der Waals surface area contributed by atoms with Gasteiger partial charge in [0.25, 0.3) is 0 Å². The standard InChI is InChI=1S/C10H17N5/c1-8-12-9(2)14-10(13-8)7-15-5-3-11-4-6-15/h11H,3-7H2,1-2H3. The lowest BCUT2D eigenvalue weighted by atomic mass is 10.3. The number of nitrogens with zero attached hydrogens (tertiary/aromatic N) is 4. The molecule has 1 aromatic rings. The third-order valence-corrected chi connectivity index (χ3v) is 2.48. The van der Waals surface area contributed by atoms with Gasteiger partial charge in [-0.3, -0.25) is 4.90 Å². The molecule has 0 atom stereocenters. The molecule has 82 valence electrons. The molecular weight excluding hydrogens is 190 g/mol. The molecule has 1 saturated heterocycles. The summed E-state index contributed by atoms with van der Waals surface area (Å²) in [6, 6.07) is 0. The molecule has 5 heteroatoms. The average Bonchev–Trinajstić information content (AvgIpc) is 2.17. The Labute approximate surface area is 89.9 Å². The predicted molar refractivity (Wildman–Crippen MR) is 57.4 cm³/mol. The van der Waals surface area contributed by atoms with E-state index in [4.69, 9.17) is 0 Å². The van der Waals surface area contributed by atoms with Crippen molar-refractivity contribution in [2.45, 2.75) is 20.4 Å². The second-order valence-corrected chi connectivity index (χ2v) is 3.87. The summed E-state index contributed by atoms with van der Waals surface area (Å²) in [7, 11) is 0. The van der Waals surface area contributed by atoms with Crippen molar-refractivity contribution in [2.24, 2.45) is 0 Å². The van der Waals surface area contributed by atoms with E-state index in [1.165, 1.54) is 0 Å². The first-order valence-electron chi connectivity index (χ1n) is 5.35. The zero-order valence-corrected chi connectivity index (χ0v) is 9.32. The zero-order chi connectivity index (χ0) is 10.7. The van der Waals surface area contributed by atoms with Gasteiger partial charge in [-0.2, -0.15) is 0 Å². The summed E-state index contributed by atoms with van der Waals surface area (Å²) in [5.74, 6) is 2.52. The molecule has 1 aliphatic rings. The number of hydrogen-bond acceptors (Lipinski definition) is 5. The van der Waals surface area contributed by atoms with Gasteiger partial charge in [0.15, 0.2) is 0 Å². The lowest BCUT2D eigenvalue weighted by Crippen LogP contribution is -2.43. The van der Waals surface area contributed by atoms with E-state index in [0.717, 1.165) is 50.2 Å². The van der Waals surface area contributed by atoms with Crippen LogP contribution >= 0.6 is 0 Å². The second-order valence-electron chi connectivity index (χ2n) is 3.87. The van der Waals surface area contributed by atoms with Gasteiger partial charge in [-0.05, 0) is 13.8 Å². The SMILES string of the molecule is Cc1nc(C)nc(CN2CCNCC2)n1. The molecule has 1 aliphatic heterocycles. The summed E-state index contributed by atoms with van der Waals surface area (Å²) < 4.78 is 0. The van der Waals surface area contributed by atoms with Crippen LogP contribution in [0.4, 0.5) is 0 Å². The van der Waals surface area contributed by atoms with Crippen LogP contribution in [0.1, 0.15) is 17.5 Å². The van der Waals surface area contributed by atoms with Crippen molar-refractivity contribution in [1.82, 2.24) is 25.2 Å². The van der Waals surface area contributed by atoms with E-state index in [1.807, 2.05) is 13.8 Å². The number of nitrogens with one attached hydrogen (secondary N) is 1. The first-order chi connectivity index (χ1) is 7.24. The van der Waals surface area contributed by atoms with Gasteiger partial charge in [-0.15, -0.1) is 0 Å². The fraction of sp³-hybridized carbons (Fsp3) is 0.700. The van der Waals surface area contributed by atoms with Gasteiger partial charge in [-0.25, -0.2) is 15.0 Å². The van der Waals surface area contributed by atoms with Crippen LogP contribution < -0.4 is 5.32 Å². The van der Waals surface area contributed by atoms with Crippen molar-refractivity contribution in [1.29, 1.82) is 0 Å². The van der Waals surface area contributed by atoms with Gasteiger partial charge in [0.2, 0.25) is 0 Å². The van der Waals surface area contributed by atoms with Crippen molar-refractivity contribution >= 4 is 0 Å².